The van der Waals surface area contributed by atoms with Gasteiger partial charge in [0.1, 0.15) is 0 Å². The fourth-order valence-corrected chi connectivity index (χ4v) is 3.89. The Bertz CT molecular complexity index is 757. The van der Waals surface area contributed by atoms with E-state index < -0.39 is 0 Å². The minimum atomic E-state index is -0.0535. The van der Waals surface area contributed by atoms with Gasteiger partial charge < -0.3 is 15.5 Å². The largest absolute Gasteiger partial charge is 0.350 e. The number of rotatable bonds is 3. The molecule has 1 spiro atoms. The molecule has 2 N–H and O–H groups in total. The highest BCUT2D eigenvalue weighted by Crippen LogP contribution is 2.32. The summed E-state index contributed by atoms with van der Waals surface area (Å²) in [6.07, 6.45) is 4.01. The van der Waals surface area contributed by atoms with Crippen LogP contribution < -0.4 is 10.6 Å². The van der Waals surface area contributed by atoms with E-state index in [2.05, 4.69) is 15.6 Å². The van der Waals surface area contributed by atoms with E-state index in [9.17, 15) is 9.59 Å². The van der Waals surface area contributed by atoms with Gasteiger partial charge >= 0.3 is 0 Å². The van der Waals surface area contributed by atoms with Crippen LogP contribution in [0.4, 0.5) is 10.8 Å². The number of nitrogens with zero attached hydrogens (tertiary/aromatic N) is 2. The van der Waals surface area contributed by atoms with Crippen LogP contribution in [0.3, 0.4) is 0 Å². The summed E-state index contributed by atoms with van der Waals surface area (Å²) >= 11 is 1.52. The summed E-state index contributed by atoms with van der Waals surface area (Å²) in [6.45, 7) is 1.37. The van der Waals surface area contributed by atoms with Gasteiger partial charge in [-0.1, -0.05) is 6.07 Å². The normalized spacial score (nSPS) is 18.8. The maximum absolute atomic E-state index is 12.7. The Kier molecular flexibility index (Phi) is 3.72. The van der Waals surface area contributed by atoms with Gasteiger partial charge in [-0.3, -0.25) is 9.59 Å². The van der Waals surface area contributed by atoms with Gasteiger partial charge in [-0.15, -0.1) is 11.3 Å². The molecule has 3 heterocycles. The third kappa shape index (κ3) is 2.87. The number of carbonyl (C=O) groups is 2. The Morgan fingerprint density at radius 1 is 1.33 bits per heavy atom. The minimum absolute atomic E-state index is 0.0401. The number of β-lactam (4-membered cyclic amide) rings is 1. The number of amides is 2. The summed E-state index contributed by atoms with van der Waals surface area (Å²) in [5, 5.41) is 8.91. The van der Waals surface area contributed by atoms with Crippen LogP contribution in [0.2, 0.25) is 0 Å². The zero-order valence-electron chi connectivity index (χ0n) is 13.1. The van der Waals surface area contributed by atoms with E-state index in [-0.39, 0.29) is 17.4 Å². The second kappa shape index (κ2) is 5.90. The molecule has 0 saturated carbocycles. The molecule has 24 heavy (non-hydrogen) atoms. The monoisotopic (exact) mass is 342 g/mol. The number of hydrogen-bond acceptors (Lipinski definition) is 5. The van der Waals surface area contributed by atoms with Gasteiger partial charge in [0.15, 0.2) is 5.13 Å². The molecule has 0 unspecified atom stereocenters. The first-order valence-corrected chi connectivity index (χ1v) is 8.88. The van der Waals surface area contributed by atoms with Crippen LogP contribution in [0.25, 0.3) is 0 Å². The van der Waals surface area contributed by atoms with Crippen LogP contribution in [0.1, 0.15) is 29.6 Å². The number of piperidine rings is 1. The van der Waals surface area contributed by atoms with Crippen LogP contribution in [-0.4, -0.2) is 40.3 Å². The molecule has 2 amide bonds. The van der Waals surface area contributed by atoms with Crippen molar-refractivity contribution in [2.45, 2.75) is 24.8 Å². The lowest BCUT2D eigenvalue weighted by Crippen LogP contribution is -2.65. The Hall–Kier alpha value is -2.41. The number of thiazole rings is 1. The number of likely N-dealkylation sites (tertiary alicyclic amines) is 1. The van der Waals surface area contributed by atoms with Gasteiger partial charge in [-0.25, -0.2) is 4.98 Å². The highest BCUT2D eigenvalue weighted by molar-refractivity contribution is 7.13. The zero-order valence-corrected chi connectivity index (χ0v) is 13.9. The van der Waals surface area contributed by atoms with Crippen molar-refractivity contribution in [2.24, 2.45) is 0 Å². The molecule has 124 valence electrons. The molecule has 6 nitrogen and oxygen atoms in total. The van der Waals surface area contributed by atoms with Gasteiger partial charge in [0.25, 0.3) is 5.91 Å². The van der Waals surface area contributed by atoms with Crippen molar-refractivity contribution in [3.05, 3.63) is 41.4 Å². The minimum Gasteiger partial charge on any atom is -0.350 e. The van der Waals surface area contributed by atoms with E-state index in [1.54, 1.807) is 6.20 Å². The molecule has 2 aliphatic rings. The Morgan fingerprint density at radius 3 is 2.79 bits per heavy atom. The lowest BCUT2D eigenvalue weighted by atomic mass is 9.78. The highest BCUT2D eigenvalue weighted by Gasteiger charge is 2.45. The highest BCUT2D eigenvalue weighted by atomic mass is 32.1. The van der Waals surface area contributed by atoms with Crippen molar-refractivity contribution >= 4 is 34.0 Å². The summed E-state index contributed by atoms with van der Waals surface area (Å²) in [5.41, 5.74) is 1.47. The van der Waals surface area contributed by atoms with Crippen molar-refractivity contribution in [3.8, 4) is 0 Å². The molecule has 2 saturated heterocycles. The van der Waals surface area contributed by atoms with Crippen molar-refractivity contribution in [1.82, 2.24) is 15.2 Å². The number of nitrogens with one attached hydrogen (secondary N) is 2. The molecule has 2 aromatic rings. The van der Waals surface area contributed by atoms with Gasteiger partial charge in [-0.2, -0.15) is 0 Å². The Balaban J connectivity index is 1.42. The SMILES string of the molecule is O=C1CC2(CCN(C(=O)c3cccc(Nc4nccs4)c3)CC2)N1. The van der Waals surface area contributed by atoms with E-state index >= 15 is 0 Å². The summed E-state index contributed by atoms with van der Waals surface area (Å²) in [6, 6.07) is 7.50. The molecule has 0 atom stereocenters. The number of anilines is 2. The molecule has 4 rings (SSSR count). The first kappa shape index (κ1) is 15.1. The van der Waals surface area contributed by atoms with Crippen molar-refractivity contribution in [1.29, 1.82) is 0 Å². The molecule has 2 fully saturated rings. The van der Waals surface area contributed by atoms with E-state index in [0.717, 1.165) is 23.7 Å². The molecule has 0 aliphatic carbocycles. The van der Waals surface area contributed by atoms with E-state index in [0.29, 0.717) is 25.1 Å². The number of carbonyl (C=O) groups excluding carboxylic acids is 2. The Labute approximate surface area is 143 Å². The molecule has 0 radical (unpaired) electrons. The third-order valence-corrected chi connectivity index (χ3v) is 5.39. The van der Waals surface area contributed by atoms with Crippen LogP contribution >= 0.6 is 11.3 Å². The second-order valence-electron chi connectivity index (χ2n) is 6.34. The molecular weight excluding hydrogens is 324 g/mol. The average Bonchev–Trinajstić information content (AvgIpc) is 3.07. The van der Waals surface area contributed by atoms with E-state index in [1.807, 2.05) is 34.5 Å². The standard InChI is InChI=1S/C17H18N4O2S/c22-14-11-17(20-14)4-7-21(8-5-17)15(23)12-2-1-3-13(10-12)19-16-18-6-9-24-16/h1-3,6,9-10H,4-5,7-8,11H2,(H,18,19)(H,20,22). The van der Waals surface area contributed by atoms with Gasteiger partial charge in [0.05, 0.1) is 5.54 Å². The lowest BCUT2D eigenvalue weighted by molar-refractivity contribution is -0.134. The van der Waals surface area contributed by atoms with Crippen molar-refractivity contribution < 1.29 is 9.59 Å². The molecule has 7 heteroatoms. The van der Waals surface area contributed by atoms with Crippen LogP contribution in [-0.2, 0) is 4.79 Å². The van der Waals surface area contributed by atoms with E-state index in [1.165, 1.54) is 11.3 Å². The van der Waals surface area contributed by atoms with Crippen LogP contribution in [0.5, 0.6) is 0 Å². The number of aromatic nitrogens is 1. The summed E-state index contributed by atoms with van der Waals surface area (Å²) in [5.74, 6) is 0.161. The first-order valence-electron chi connectivity index (χ1n) is 8.00. The fraction of sp³-hybridized carbons (Fsp3) is 0.353. The molecule has 0 bridgehead atoms. The van der Waals surface area contributed by atoms with Crippen LogP contribution in [0.15, 0.2) is 35.8 Å². The summed E-state index contributed by atoms with van der Waals surface area (Å²) < 4.78 is 0. The van der Waals surface area contributed by atoms with Gasteiger partial charge in [0, 0.05) is 42.3 Å². The van der Waals surface area contributed by atoms with E-state index in [4.69, 9.17) is 0 Å². The van der Waals surface area contributed by atoms with Gasteiger partial charge in [0.2, 0.25) is 5.91 Å². The topological polar surface area (TPSA) is 74.3 Å². The molecule has 1 aromatic carbocycles. The number of benzene rings is 1. The predicted octanol–water partition coefficient (Wildman–Crippen LogP) is 2.38. The van der Waals surface area contributed by atoms with Crippen molar-refractivity contribution in [2.75, 3.05) is 18.4 Å². The zero-order chi connectivity index (χ0) is 16.6. The quantitative estimate of drug-likeness (QED) is 0.840. The van der Waals surface area contributed by atoms with Gasteiger partial charge in [-0.05, 0) is 31.0 Å². The third-order valence-electron chi connectivity index (χ3n) is 4.70. The predicted molar refractivity (Wildman–Crippen MR) is 92.5 cm³/mol. The number of hydrogen-bond donors (Lipinski definition) is 2. The Morgan fingerprint density at radius 2 is 2.12 bits per heavy atom. The summed E-state index contributed by atoms with van der Waals surface area (Å²) in [7, 11) is 0. The molecule has 2 aliphatic heterocycles. The second-order valence-corrected chi connectivity index (χ2v) is 7.24. The first-order chi connectivity index (χ1) is 11.6. The lowest BCUT2D eigenvalue weighted by Gasteiger charge is -2.47. The molecule has 1 aromatic heterocycles. The summed E-state index contributed by atoms with van der Waals surface area (Å²) in [4.78, 5) is 30.0. The molecular formula is C17H18N4O2S. The van der Waals surface area contributed by atoms with Crippen molar-refractivity contribution in [3.63, 3.8) is 0 Å². The maximum Gasteiger partial charge on any atom is 0.253 e. The smallest absolute Gasteiger partial charge is 0.253 e. The average molecular weight is 342 g/mol. The van der Waals surface area contributed by atoms with Crippen LogP contribution in [0, 0.1) is 0 Å². The maximum atomic E-state index is 12.7. The fourth-order valence-electron chi connectivity index (χ4n) is 3.35.